The van der Waals surface area contributed by atoms with Crippen molar-refractivity contribution in [3.8, 4) is 12.3 Å². The van der Waals surface area contributed by atoms with Crippen molar-refractivity contribution in [2.45, 2.75) is 12.5 Å². The van der Waals surface area contributed by atoms with Gasteiger partial charge in [-0.15, -0.1) is 6.42 Å². The van der Waals surface area contributed by atoms with Crippen LogP contribution in [0, 0.1) is 12.3 Å². The van der Waals surface area contributed by atoms with Gasteiger partial charge >= 0.3 is 0 Å². The van der Waals surface area contributed by atoms with Crippen LogP contribution in [-0.4, -0.2) is 48.3 Å². The minimum absolute atomic E-state index is 0.0368. The Morgan fingerprint density at radius 1 is 1.60 bits per heavy atom. The van der Waals surface area contributed by atoms with E-state index in [1.54, 1.807) is 12.1 Å². The number of nitrogens with zero attached hydrogens (tertiary/aromatic N) is 2. The predicted octanol–water partition coefficient (Wildman–Crippen LogP) is 1.11. The van der Waals surface area contributed by atoms with E-state index >= 15 is 0 Å². The van der Waals surface area contributed by atoms with E-state index < -0.39 is 9.84 Å². The molecule has 1 aromatic rings. The normalized spacial score (nSPS) is 20.3. The molecule has 0 radical (unpaired) electrons. The Hall–Kier alpha value is -1.39. The van der Waals surface area contributed by atoms with Gasteiger partial charge in [0, 0.05) is 16.7 Å². The molecule has 0 bridgehead atoms. The third-order valence-corrected chi connectivity index (χ3v) is 5.52. The van der Waals surface area contributed by atoms with E-state index in [0.717, 1.165) is 0 Å². The van der Waals surface area contributed by atoms with Crippen molar-refractivity contribution in [3.05, 3.63) is 28.5 Å². The zero-order chi connectivity index (χ0) is 14.8. The lowest BCUT2D eigenvalue weighted by Gasteiger charge is -2.26. The number of terminal acetylenes is 1. The number of hydrogen-bond donors (Lipinski definition) is 0. The summed E-state index contributed by atoms with van der Waals surface area (Å²) in [6.07, 6.45) is 7.22. The fourth-order valence-electron chi connectivity index (χ4n) is 2.17. The number of sulfone groups is 1. The molecular formula is C13H13BrN2O3S. The van der Waals surface area contributed by atoms with Crippen LogP contribution < -0.4 is 0 Å². The third kappa shape index (κ3) is 3.19. The Labute approximate surface area is 126 Å². The first-order valence-electron chi connectivity index (χ1n) is 6.00. The van der Waals surface area contributed by atoms with Crippen LogP contribution in [0.15, 0.2) is 22.8 Å². The Morgan fingerprint density at radius 2 is 2.35 bits per heavy atom. The van der Waals surface area contributed by atoms with E-state index in [2.05, 4.69) is 26.8 Å². The molecule has 1 fully saturated rings. The minimum Gasteiger partial charge on any atom is -0.322 e. The van der Waals surface area contributed by atoms with Crippen LogP contribution >= 0.6 is 15.9 Å². The highest BCUT2D eigenvalue weighted by molar-refractivity contribution is 9.10. The highest BCUT2D eigenvalue weighted by atomic mass is 79.9. The molecule has 1 saturated heterocycles. The van der Waals surface area contributed by atoms with Crippen molar-refractivity contribution in [3.63, 3.8) is 0 Å². The molecule has 1 aliphatic rings. The van der Waals surface area contributed by atoms with Crippen molar-refractivity contribution in [1.29, 1.82) is 0 Å². The summed E-state index contributed by atoms with van der Waals surface area (Å²) in [7, 11) is -3.08. The second-order valence-corrected chi connectivity index (χ2v) is 7.61. The van der Waals surface area contributed by atoms with Crippen LogP contribution in [0.2, 0.25) is 0 Å². The van der Waals surface area contributed by atoms with Gasteiger partial charge in [0.05, 0.1) is 18.1 Å². The Kier molecular flexibility index (Phi) is 4.45. The molecule has 0 aliphatic carbocycles. The van der Waals surface area contributed by atoms with Gasteiger partial charge in [-0.05, 0) is 34.5 Å². The Bertz CT molecular complexity index is 666. The SMILES string of the molecule is C#CCN(C(=O)c1ncccc1Br)C1CCS(=O)(=O)C1. The number of carbonyl (C=O) groups is 1. The van der Waals surface area contributed by atoms with Crippen LogP contribution in [0.3, 0.4) is 0 Å². The van der Waals surface area contributed by atoms with Gasteiger partial charge < -0.3 is 4.90 Å². The van der Waals surface area contributed by atoms with Crippen molar-refractivity contribution in [2.75, 3.05) is 18.1 Å². The summed E-state index contributed by atoms with van der Waals surface area (Å²) < 4.78 is 23.7. The van der Waals surface area contributed by atoms with Gasteiger partial charge in [0.1, 0.15) is 5.69 Å². The largest absolute Gasteiger partial charge is 0.322 e. The van der Waals surface area contributed by atoms with Crippen LogP contribution in [0.1, 0.15) is 16.9 Å². The number of pyridine rings is 1. The monoisotopic (exact) mass is 356 g/mol. The summed E-state index contributed by atoms with van der Waals surface area (Å²) in [6.45, 7) is 0.0715. The second-order valence-electron chi connectivity index (χ2n) is 4.53. The molecule has 2 rings (SSSR count). The van der Waals surface area contributed by atoms with Gasteiger partial charge in [-0.2, -0.15) is 0 Å². The van der Waals surface area contributed by atoms with Gasteiger partial charge in [-0.3, -0.25) is 4.79 Å². The second kappa shape index (κ2) is 5.94. The molecule has 1 unspecified atom stereocenters. The molecule has 20 heavy (non-hydrogen) atoms. The molecule has 0 N–H and O–H groups in total. The summed E-state index contributed by atoms with van der Waals surface area (Å²) >= 11 is 3.27. The van der Waals surface area contributed by atoms with Gasteiger partial charge in [-0.25, -0.2) is 13.4 Å². The van der Waals surface area contributed by atoms with Gasteiger partial charge in [0.2, 0.25) is 0 Å². The van der Waals surface area contributed by atoms with E-state index in [-0.39, 0.29) is 35.7 Å². The molecule has 0 saturated carbocycles. The maximum atomic E-state index is 12.5. The lowest BCUT2D eigenvalue weighted by Crippen LogP contribution is -2.41. The maximum absolute atomic E-state index is 12.5. The zero-order valence-electron chi connectivity index (χ0n) is 10.6. The quantitative estimate of drug-likeness (QED) is 0.760. The van der Waals surface area contributed by atoms with E-state index in [1.165, 1.54) is 11.1 Å². The van der Waals surface area contributed by atoms with Crippen LogP contribution in [0.4, 0.5) is 0 Å². The molecule has 1 aromatic heterocycles. The first-order valence-corrected chi connectivity index (χ1v) is 8.61. The number of aromatic nitrogens is 1. The number of hydrogen-bond acceptors (Lipinski definition) is 4. The first kappa shape index (κ1) is 15.0. The fraction of sp³-hybridized carbons (Fsp3) is 0.385. The van der Waals surface area contributed by atoms with E-state index in [4.69, 9.17) is 6.42 Å². The summed E-state index contributed by atoms with van der Waals surface area (Å²) in [5, 5.41) is 0. The molecule has 106 valence electrons. The molecular weight excluding hydrogens is 344 g/mol. The first-order chi connectivity index (χ1) is 9.44. The zero-order valence-corrected chi connectivity index (χ0v) is 13.0. The van der Waals surface area contributed by atoms with Crippen LogP contribution in [0.5, 0.6) is 0 Å². The van der Waals surface area contributed by atoms with Crippen molar-refractivity contribution in [2.24, 2.45) is 0 Å². The molecule has 1 aliphatic heterocycles. The molecule has 0 aromatic carbocycles. The number of rotatable bonds is 3. The smallest absolute Gasteiger partial charge is 0.274 e. The number of carbonyl (C=O) groups excluding carboxylic acids is 1. The maximum Gasteiger partial charge on any atom is 0.274 e. The molecule has 5 nitrogen and oxygen atoms in total. The molecule has 1 amide bonds. The molecule has 2 heterocycles. The van der Waals surface area contributed by atoms with Crippen molar-refractivity contribution >= 4 is 31.7 Å². The highest BCUT2D eigenvalue weighted by Crippen LogP contribution is 2.22. The van der Waals surface area contributed by atoms with Gasteiger partial charge in [0.15, 0.2) is 9.84 Å². The predicted molar refractivity (Wildman–Crippen MR) is 78.9 cm³/mol. The third-order valence-electron chi connectivity index (χ3n) is 3.13. The Balaban J connectivity index is 2.28. The molecule has 1 atom stereocenters. The average molecular weight is 357 g/mol. The van der Waals surface area contributed by atoms with E-state index in [0.29, 0.717) is 10.9 Å². The standard InChI is InChI=1S/C13H13BrN2O3S/c1-2-7-16(10-5-8-20(18,19)9-10)13(17)12-11(14)4-3-6-15-12/h1,3-4,6,10H,5,7-9H2. The van der Waals surface area contributed by atoms with E-state index in [1.807, 2.05) is 0 Å². The number of amides is 1. The Morgan fingerprint density at radius 3 is 2.90 bits per heavy atom. The summed E-state index contributed by atoms with van der Waals surface area (Å²) in [4.78, 5) is 17.9. The lowest BCUT2D eigenvalue weighted by molar-refractivity contribution is 0.0717. The minimum atomic E-state index is -3.08. The van der Waals surface area contributed by atoms with Crippen molar-refractivity contribution < 1.29 is 13.2 Å². The van der Waals surface area contributed by atoms with Gasteiger partial charge in [0.25, 0.3) is 5.91 Å². The highest BCUT2D eigenvalue weighted by Gasteiger charge is 2.35. The van der Waals surface area contributed by atoms with Crippen LogP contribution in [-0.2, 0) is 9.84 Å². The van der Waals surface area contributed by atoms with Crippen LogP contribution in [0.25, 0.3) is 0 Å². The van der Waals surface area contributed by atoms with Gasteiger partial charge in [-0.1, -0.05) is 5.92 Å². The summed E-state index contributed by atoms with van der Waals surface area (Å²) in [6, 6.07) is 3.03. The lowest BCUT2D eigenvalue weighted by atomic mass is 10.2. The molecule has 7 heteroatoms. The molecule has 0 spiro atoms. The topological polar surface area (TPSA) is 67.3 Å². The van der Waals surface area contributed by atoms with Crippen molar-refractivity contribution in [1.82, 2.24) is 9.88 Å². The fourth-order valence-corrected chi connectivity index (χ4v) is 4.32. The summed E-state index contributed by atoms with van der Waals surface area (Å²) in [5.74, 6) is 2.12. The summed E-state index contributed by atoms with van der Waals surface area (Å²) in [5.41, 5.74) is 0.243. The number of halogens is 1. The van der Waals surface area contributed by atoms with E-state index in [9.17, 15) is 13.2 Å². The average Bonchev–Trinajstić information content (AvgIpc) is 2.76.